The molecular formula is C14H18N2O3. The molecule has 0 radical (unpaired) electrons. The summed E-state index contributed by atoms with van der Waals surface area (Å²) in [6.45, 7) is 2.63. The van der Waals surface area contributed by atoms with Crippen LogP contribution in [0.2, 0.25) is 0 Å². The number of amides is 1. The number of hydrogen-bond donors (Lipinski definition) is 1. The first-order valence-corrected chi connectivity index (χ1v) is 6.43. The molecule has 19 heavy (non-hydrogen) atoms. The summed E-state index contributed by atoms with van der Waals surface area (Å²) < 4.78 is 4.88. The van der Waals surface area contributed by atoms with Gasteiger partial charge in [0, 0.05) is 5.69 Å². The van der Waals surface area contributed by atoms with Crippen LogP contribution in [0, 0.1) is 0 Å². The zero-order chi connectivity index (χ0) is 13.8. The topological polar surface area (TPSA) is 72.6 Å². The maximum atomic E-state index is 11.9. The molecule has 1 aliphatic heterocycles. The lowest BCUT2D eigenvalue weighted by Crippen LogP contribution is -2.33. The molecule has 0 saturated heterocycles. The molecule has 1 aromatic rings. The predicted molar refractivity (Wildman–Crippen MR) is 71.9 cm³/mol. The molecule has 0 aromatic heterocycles. The van der Waals surface area contributed by atoms with Gasteiger partial charge in [0.15, 0.2) is 0 Å². The number of carbonyl (C=O) groups is 2. The SMILES string of the molecule is CCOC(=O)CN1C(=O)Cc2cc(CCN)ccc21. The van der Waals surface area contributed by atoms with E-state index in [4.69, 9.17) is 10.5 Å². The van der Waals surface area contributed by atoms with Gasteiger partial charge in [0.05, 0.1) is 13.0 Å². The molecule has 5 nitrogen and oxygen atoms in total. The first kappa shape index (κ1) is 13.5. The summed E-state index contributed by atoms with van der Waals surface area (Å²) in [4.78, 5) is 24.9. The number of ether oxygens (including phenoxy) is 1. The number of carbonyl (C=O) groups excluding carboxylic acids is 2. The van der Waals surface area contributed by atoms with E-state index in [1.165, 1.54) is 4.90 Å². The molecule has 0 atom stereocenters. The van der Waals surface area contributed by atoms with Gasteiger partial charge in [-0.3, -0.25) is 9.59 Å². The molecule has 0 bridgehead atoms. The van der Waals surface area contributed by atoms with Crippen LogP contribution in [0.3, 0.4) is 0 Å². The standard InChI is InChI=1S/C14H18N2O3/c1-2-19-14(18)9-16-12-4-3-10(5-6-15)7-11(12)8-13(16)17/h3-4,7H,2,5-6,8-9,15H2,1H3. The lowest BCUT2D eigenvalue weighted by atomic mass is 10.1. The molecule has 1 heterocycles. The van der Waals surface area contributed by atoms with Crippen molar-refractivity contribution in [1.29, 1.82) is 0 Å². The molecule has 1 amide bonds. The van der Waals surface area contributed by atoms with Gasteiger partial charge < -0.3 is 15.4 Å². The van der Waals surface area contributed by atoms with Crippen molar-refractivity contribution in [1.82, 2.24) is 0 Å². The fourth-order valence-corrected chi connectivity index (χ4v) is 2.27. The Kier molecular flexibility index (Phi) is 4.16. The Bertz CT molecular complexity index is 499. The molecule has 0 unspecified atom stereocenters. The Labute approximate surface area is 112 Å². The van der Waals surface area contributed by atoms with Gasteiger partial charge in [-0.25, -0.2) is 0 Å². The second-order valence-electron chi connectivity index (χ2n) is 4.46. The summed E-state index contributed by atoms with van der Waals surface area (Å²) in [5, 5.41) is 0. The minimum absolute atomic E-state index is 0.0179. The lowest BCUT2D eigenvalue weighted by Gasteiger charge is -2.16. The van der Waals surface area contributed by atoms with Crippen LogP contribution in [0.5, 0.6) is 0 Å². The van der Waals surface area contributed by atoms with Crippen molar-refractivity contribution in [3.8, 4) is 0 Å². The van der Waals surface area contributed by atoms with Gasteiger partial charge >= 0.3 is 5.97 Å². The highest BCUT2D eigenvalue weighted by Crippen LogP contribution is 2.29. The molecule has 0 fully saturated rings. The van der Waals surface area contributed by atoms with Gasteiger partial charge in [0.2, 0.25) is 5.91 Å². The Hall–Kier alpha value is -1.88. The van der Waals surface area contributed by atoms with E-state index < -0.39 is 0 Å². The van der Waals surface area contributed by atoms with E-state index in [0.29, 0.717) is 19.6 Å². The van der Waals surface area contributed by atoms with E-state index in [2.05, 4.69) is 0 Å². The molecular weight excluding hydrogens is 244 g/mol. The second kappa shape index (κ2) is 5.84. The van der Waals surface area contributed by atoms with Crippen molar-refractivity contribution in [2.45, 2.75) is 19.8 Å². The highest BCUT2D eigenvalue weighted by molar-refractivity contribution is 6.04. The number of benzene rings is 1. The van der Waals surface area contributed by atoms with Crippen molar-refractivity contribution >= 4 is 17.6 Å². The summed E-state index contributed by atoms with van der Waals surface area (Å²) in [6, 6.07) is 5.82. The Morgan fingerprint density at radius 1 is 1.47 bits per heavy atom. The van der Waals surface area contributed by atoms with Crippen LogP contribution in [0.4, 0.5) is 5.69 Å². The predicted octanol–water partition coefficient (Wildman–Crippen LogP) is 0.640. The van der Waals surface area contributed by atoms with E-state index in [-0.39, 0.29) is 18.4 Å². The summed E-state index contributed by atoms with van der Waals surface area (Å²) in [5.41, 5.74) is 8.40. The molecule has 1 aliphatic rings. The molecule has 0 saturated carbocycles. The quantitative estimate of drug-likeness (QED) is 0.790. The average molecular weight is 262 g/mol. The van der Waals surface area contributed by atoms with E-state index >= 15 is 0 Å². The largest absolute Gasteiger partial charge is 0.465 e. The van der Waals surface area contributed by atoms with E-state index in [9.17, 15) is 9.59 Å². The maximum absolute atomic E-state index is 11.9. The molecule has 1 aromatic carbocycles. The van der Waals surface area contributed by atoms with Gasteiger partial charge in [-0.2, -0.15) is 0 Å². The number of anilines is 1. The maximum Gasteiger partial charge on any atom is 0.326 e. The van der Waals surface area contributed by atoms with Crippen LogP contribution >= 0.6 is 0 Å². The van der Waals surface area contributed by atoms with Crippen LogP contribution in [-0.4, -0.2) is 31.6 Å². The van der Waals surface area contributed by atoms with Gasteiger partial charge in [-0.1, -0.05) is 12.1 Å². The third-order valence-corrected chi connectivity index (χ3v) is 3.10. The normalized spacial score (nSPS) is 13.6. The zero-order valence-electron chi connectivity index (χ0n) is 11.0. The Balaban J connectivity index is 2.17. The first-order chi connectivity index (χ1) is 9.15. The number of fused-ring (bicyclic) bond motifs is 1. The van der Waals surface area contributed by atoms with Gasteiger partial charge in [0.1, 0.15) is 6.54 Å². The smallest absolute Gasteiger partial charge is 0.326 e. The summed E-state index contributed by atoms with van der Waals surface area (Å²) >= 11 is 0. The molecule has 0 aliphatic carbocycles. The summed E-state index contributed by atoms with van der Waals surface area (Å²) in [7, 11) is 0. The van der Waals surface area contributed by atoms with E-state index in [1.807, 2.05) is 18.2 Å². The van der Waals surface area contributed by atoms with E-state index in [1.54, 1.807) is 6.92 Å². The summed E-state index contributed by atoms with van der Waals surface area (Å²) in [6.07, 6.45) is 1.13. The van der Waals surface area contributed by atoms with Gasteiger partial charge in [-0.05, 0) is 37.1 Å². The van der Waals surface area contributed by atoms with E-state index in [0.717, 1.165) is 23.2 Å². The third-order valence-electron chi connectivity index (χ3n) is 3.10. The lowest BCUT2D eigenvalue weighted by molar-refractivity contribution is -0.142. The monoisotopic (exact) mass is 262 g/mol. The second-order valence-corrected chi connectivity index (χ2v) is 4.46. The number of rotatable bonds is 5. The van der Waals surface area contributed by atoms with Crippen molar-refractivity contribution in [3.05, 3.63) is 29.3 Å². The highest BCUT2D eigenvalue weighted by atomic mass is 16.5. The van der Waals surface area contributed by atoms with Crippen molar-refractivity contribution in [2.75, 3.05) is 24.6 Å². The van der Waals surface area contributed by atoms with Crippen LogP contribution in [0.15, 0.2) is 18.2 Å². The molecule has 5 heteroatoms. The summed E-state index contributed by atoms with van der Waals surface area (Å²) in [5.74, 6) is -0.442. The molecule has 102 valence electrons. The average Bonchev–Trinajstić information content (AvgIpc) is 2.66. The number of esters is 1. The van der Waals surface area contributed by atoms with Crippen LogP contribution in [0.25, 0.3) is 0 Å². The van der Waals surface area contributed by atoms with Crippen molar-refractivity contribution in [3.63, 3.8) is 0 Å². The van der Waals surface area contributed by atoms with Crippen LogP contribution < -0.4 is 10.6 Å². The molecule has 2 N–H and O–H groups in total. The molecule has 0 spiro atoms. The minimum Gasteiger partial charge on any atom is -0.465 e. The number of nitrogens with zero attached hydrogens (tertiary/aromatic N) is 1. The van der Waals surface area contributed by atoms with Gasteiger partial charge in [0.25, 0.3) is 0 Å². The fourth-order valence-electron chi connectivity index (χ4n) is 2.27. The van der Waals surface area contributed by atoms with Crippen molar-refractivity contribution in [2.24, 2.45) is 5.73 Å². The highest BCUT2D eigenvalue weighted by Gasteiger charge is 2.29. The molecule has 2 rings (SSSR count). The van der Waals surface area contributed by atoms with Crippen molar-refractivity contribution < 1.29 is 14.3 Å². The van der Waals surface area contributed by atoms with Gasteiger partial charge in [-0.15, -0.1) is 0 Å². The fraction of sp³-hybridized carbons (Fsp3) is 0.429. The third kappa shape index (κ3) is 2.93. The first-order valence-electron chi connectivity index (χ1n) is 6.43. The Morgan fingerprint density at radius 3 is 2.95 bits per heavy atom. The van der Waals surface area contributed by atoms with Crippen LogP contribution in [-0.2, 0) is 27.2 Å². The Morgan fingerprint density at radius 2 is 2.26 bits per heavy atom. The van der Waals surface area contributed by atoms with Crippen LogP contribution in [0.1, 0.15) is 18.1 Å². The number of hydrogen-bond acceptors (Lipinski definition) is 4. The number of nitrogens with two attached hydrogens (primary N) is 1. The minimum atomic E-state index is -0.380. The zero-order valence-corrected chi connectivity index (χ0v) is 11.0.